The van der Waals surface area contributed by atoms with E-state index in [4.69, 9.17) is 15.2 Å². The van der Waals surface area contributed by atoms with Crippen LogP contribution in [0.5, 0.6) is 11.5 Å². The highest BCUT2D eigenvalue weighted by Gasteiger charge is 2.36. The average Bonchev–Trinajstić information content (AvgIpc) is 3.44. The lowest BCUT2D eigenvalue weighted by molar-refractivity contribution is -0.132. The van der Waals surface area contributed by atoms with Crippen molar-refractivity contribution in [2.75, 3.05) is 26.4 Å². The van der Waals surface area contributed by atoms with Crippen molar-refractivity contribution < 1.29 is 32.6 Å². The second-order valence-corrected chi connectivity index (χ2v) is 13.6. The molecular formula is C31H48N4O7S. The lowest BCUT2D eigenvalue weighted by atomic mass is 9.85. The van der Waals surface area contributed by atoms with Crippen molar-refractivity contribution in [3.63, 3.8) is 0 Å². The Kier molecular flexibility index (Phi) is 13.4. The molecule has 1 heterocycles. The van der Waals surface area contributed by atoms with Gasteiger partial charge in [-0.2, -0.15) is 4.31 Å². The fraction of sp³-hybridized carbons (Fsp3) is 0.548. The standard InChI is InChI=1S/C29H42N4O7S.C2H6/c1-19(2)16-33(41(37,38)21-11-12-24-25(14-21)40-18-39-24)17-23(34)22(13-20-9-7-6-8-10-20)31-28(36)27(29(3,4)5)32-26(35)15-30;1-2/h6-12,14,19,22-23,27,34H,13,15-18,30H2,1-5H3,(H,31,36)(H,32,35);1-2H3/t22-,23+,27+;/m0./s1. The van der Waals surface area contributed by atoms with E-state index in [1.165, 1.54) is 16.4 Å². The molecule has 0 fully saturated rings. The van der Waals surface area contributed by atoms with Crippen LogP contribution in [-0.4, -0.2) is 74.3 Å². The lowest BCUT2D eigenvalue weighted by Gasteiger charge is -2.34. The van der Waals surface area contributed by atoms with Gasteiger partial charge in [-0.05, 0) is 35.4 Å². The summed E-state index contributed by atoms with van der Waals surface area (Å²) in [5, 5.41) is 17.1. The molecule has 1 aliphatic rings. The summed E-state index contributed by atoms with van der Waals surface area (Å²) >= 11 is 0. The molecule has 2 amide bonds. The number of ether oxygens (including phenoxy) is 2. The van der Waals surface area contributed by atoms with E-state index < -0.39 is 45.4 Å². The van der Waals surface area contributed by atoms with Gasteiger partial charge in [-0.25, -0.2) is 8.42 Å². The van der Waals surface area contributed by atoms with E-state index in [1.54, 1.807) is 26.8 Å². The monoisotopic (exact) mass is 620 g/mol. The topological polar surface area (TPSA) is 160 Å². The molecule has 0 bridgehead atoms. The first-order chi connectivity index (χ1) is 20.2. The maximum Gasteiger partial charge on any atom is 0.243 e. The molecular weight excluding hydrogens is 572 g/mol. The quantitative estimate of drug-likeness (QED) is 0.266. The third-order valence-electron chi connectivity index (χ3n) is 6.65. The highest BCUT2D eigenvalue weighted by atomic mass is 32.2. The average molecular weight is 621 g/mol. The molecule has 0 radical (unpaired) electrons. The number of benzene rings is 2. The smallest absolute Gasteiger partial charge is 0.243 e. The van der Waals surface area contributed by atoms with E-state index in [2.05, 4.69) is 10.6 Å². The summed E-state index contributed by atoms with van der Waals surface area (Å²) in [6.45, 7) is 12.8. The Bertz CT molecular complexity index is 1300. The van der Waals surface area contributed by atoms with Crippen molar-refractivity contribution in [1.82, 2.24) is 14.9 Å². The zero-order valence-corrected chi connectivity index (χ0v) is 27.1. The summed E-state index contributed by atoms with van der Waals surface area (Å²) in [4.78, 5) is 25.6. The Hall–Kier alpha value is -3.19. The van der Waals surface area contributed by atoms with Gasteiger partial charge in [0, 0.05) is 19.2 Å². The van der Waals surface area contributed by atoms with Gasteiger partial charge in [0.15, 0.2) is 11.5 Å². The third-order valence-corrected chi connectivity index (χ3v) is 8.48. The molecule has 12 heteroatoms. The largest absolute Gasteiger partial charge is 0.454 e. The fourth-order valence-corrected chi connectivity index (χ4v) is 6.15. The van der Waals surface area contributed by atoms with Crippen LogP contribution in [0, 0.1) is 11.3 Å². The summed E-state index contributed by atoms with van der Waals surface area (Å²) in [6, 6.07) is 11.9. The number of nitrogens with zero attached hydrogens (tertiary/aromatic N) is 1. The number of hydrogen-bond acceptors (Lipinski definition) is 8. The van der Waals surface area contributed by atoms with Gasteiger partial charge in [0.1, 0.15) is 6.04 Å². The highest BCUT2D eigenvalue weighted by molar-refractivity contribution is 7.89. The number of nitrogens with one attached hydrogen (secondary N) is 2. The number of carbonyl (C=O) groups is 2. The molecule has 0 saturated heterocycles. The van der Waals surface area contributed by atoms with Crippen LogP contribution < -0.4 is 25.8 Å². The summed E-state index contributed by atoms with van der Waals surface area (Å²) in [5.41, 5.74) is 5.64. The Morgan fingerprint density at radius 2 is 1.63 bits per heavy atom. The number of rotatable bonds is 13. The number of nitrogens with two attached hydrogens (primary N) is 1. The minimum Gasteiger partial charge on any atom is -0.454 e. The highest BCUT2D eigenvalue weighted by Crippen LogP contribution is 2.35. The second kappa shape index (κ2) is 16.0. The van der Waals surface area contributed by atoms with Gasteiger partial charge >= 0.3 is 0 Å². The summed E-state index contributed by atoms with van der Waals surface area (Å²) in [6.07, 6.45) is -1.05. The first-order valence-electron chi connectivity index (χ1n) is 14.6. The molecule has 240 valence electrons. The van der Waals surface area contributed by atoms with Gasteiger partial charge in [0.25, 0.3) is 0 Å². The van der Waals surface area contributed by atoms with Crippen molar-refractivity contribution in [3.8, 4) is 11.5 Å². The maximum atomic E-state index is 13.8. The van der Waals surface area contributed by atoms with E-state index >= 15 is 0 Å². The number of carbonyl (C=O) groups excluding carboxylic acids is 2. The molecule has 0 aliphatic carbocycles. The van der Waals surface area contributed by atoms with Crippen molar-refractivity contribution in [2.24, 2.45) is 17.1 Å². The number of amides is 2. The van der Waals surface area contributed by atoms with Crippen LogP contribution in [0.3, 0.4) is 0 Å². The molecule has 43 heavy (non-hydrogen) atoms. The molecule has 0 saturated carbocycles. The van der Waals surface area contributed by atoms with Crippen LogP contribution in [0.4, 0.5) is 0 Å². The second-order valence-electron chi connectivity index (χ2n) is 11.7. The summed E-state index contributed by atoms with van der Waals surface area (Å²) in [5.74, 6) is -0.255. The molecule has 5 N–H and O–H groups in total. The van der Waals surface area contributed by atoms with Crippen molar-refractivity contribution in [2.45, 2.75) is 78.0 Å². The van der Waals surface area contributed by atoms with Gasteiger partial charge in [-0.1, -0.05) is 78.8 Å². The van der Waals surface area contributed by atoms with Crippen LogP contribution in [-0.2, 0) is 26.0 Å². The van der Waals surface area contributed by atoms with Crippen molar-refractivity contribution in [1.29, 1.82) is 0 Å². The molecule has 0 unspecified atom stereocenters. The number of aliphatic hydroxyl groups excluding tert-OH is 1. The number of sulfonamides is 1. The number of hydrogen-bond donors (Lipinski definition) is 4. The molecule has 1 aliphatic heterocycles. The van der Waals surface area contributed by atoms with Gasteiger partial charge in [0.2, 0.25) is 28.6 Å². The van der Waals surface area contributed by atoms with Gasteiger partial charge in [-0.15, -0.1) is 0 Å². The number of fused-ring (bicyclic) bond motifs is 1. The minimum atomic E-state index is -4.05. The zero-order chi connectivity index (χ0) is 32.4. The lowest BCUT2D eigenvalue weighted by Crippen LogP contribution is -2.59. The molecule has 0 spiro atoms. The molecule has 3 atom stereocenters. The van der Waals surface area contributed by atoms with E-state index in [0.29, 0.717) is 11.5 Å². The van der Waals surface area contributed by atoms with Crippen LogP contribution in [0.25, 0.3) is 0 Å². The first kappa shape index (κ1) is 36.0. The van der Waals surface area contributed by atoms with Crippen LogP contribution in [0.15, 0.2) is 53.4 Å². The van der Waals surface area contributed by atoms with Crippen LogP contribution in [0.1, 0.15) is 54.0 Å². The molecule has 0 aromatic heterocycles. The Balaban J connectivity index is 0.00000316. The molecule has 2 aromatic carbocycles. The predicted octanol–water partition coefficient (Wildman–Crippen LogP) is 2.67. The number of aliphatic hydroxyl groups is 1. The molecule has 2 aromatic rings. The van der Waals surface area contributed by atoms with Crippen molar-refractivity contribution >= 4 is 21.8 Å². The summed E-state index contributed by atoms with van der Waals surface area (Å²) in [7, 11) is -4.05. The molecule has 3 rings (SSSR count). The van der Waals surface area contributed by atoms with E-state index in [9.17, 15) is 23.1 Å². The Labute approximate surface area is 256 Å². The van der Waals surface area contributed by atoms with Gasteiger partial charge < -0.3 is 30.9 Å². The van der Waals surface area contributed by atoms with Gasteiger partial charge in [0.05, 0.1) is 23.6 Å². The third kappa shape index (κ3) is 10.2. The summed E-state index contributed by atoms with van der Waals surface area (Å²) < 4.78 is 39.4. The predicted molar refractivity (Wildman–Crippen MR) is 166 cm³/mol. The Morgan fingerprint density at radius 3 is 2.21 bits per heavy atom. The SMILES string of the molecule is CC.CC(C)CN(C[C@@H](O)[C@H](Cc1ccccc1)NC(=O)[C@@H](NC(=O)CN)C(C)(C)C)S(=O)(=O)c1ccc2c(c1)OCO2. The van der Waals surface area contributed by atoms with E-state index in [-0.39, 0.29) is 43.7 Å². The van der Waals surface area contributed by atoms with Crippen LogP contribution in [0.2, 0.25) is 0 Å². The minimum absolute atomic E-state index is 0.00934. The zero-order valence-electron chi connectivity index (χ0n) is 26.3. The Morgan fingerprint density at radius 1 is 1.00 bits per heavy atom. The van der Waals surface area contributed by atoms with E-state index in [0.717, 1.165) is 5.56 Å². The normalized spacial score (nSPS) is 14.9. The maximum absolute atomic E-state index is 13.8. The van der Waals surface area contributed by atoms with Gasteiger partial charge in [-0.3, -0.25) is 9.59 Å². The molecule has 11 nitrogen and oxygen atoms in total. The van der Waals surface area contributed by atoms with Crippen LogP contribution >= 0.6 is 0 Å². The van der Waals surface area contributed by atoms with E-state index in [1.807, 2.05) is 58.0 Å². The fourth-order valence-electron chi connectivity index (χ4n) is 4.51. The van der Waals surface area contributed by atoms with Crippen molar-refractivity contribution in [3.05, 3.63) is 54.1 Å². The first-order valence-corrected chi connectivity index (χ1v) is 16.1.